The van der Waals surface area contributed by atoms with E-state index in [0.717, 1.165) is 72.8 Å². The van der Waals surface area contributed by atoms with Crippen LogP contribution in [0.15, 0.2) is 61.2 Å². The first-order valence-electron chi connectivity index (χ1n) is 10.7. The van der Waals surface area contributed by atoms with E-state index in [1.165, 1.54) is 6.07 Å². The molecule has 6 aromatic heterocycles. The van der Waals surface area contributed by atoms with E-state index in [9.17, 15) is 4.39 Å². The highest BCUT2D eigenvalue weighted by molar-refractivity contribution is 7.14. The first-order valence-corrected chi connectivity index (χ1v) is 11.5. The van der Waals surface area contributed by atoms with Gasteiger partial charge in [-0.05, 0) is 56.1 Å². The Kier molecular flexibility index (Phi) is 4.93. The van der Waals surface area contributed by atoms with Gasteiger partial charge in [-0.25, -0.2) is 4.98 Å². The minimum Gasteiger partial charge on any atom is -0.352 e. The number of hydrogen-bond donors (Lipinski definition) is 2. The molecule has 0 amide bonds. The summed E-state index contributed by atoms with van der Waals surface area (Å²) in [5.41, 5.74) is 7.78. The van der Waals surface area contributed by atoms with Crippen LogP contribution >= 0.6 is 11.3 Å². The summed E-state index contributed by atoms with van der Waals surface area (Å²) in [6, 6.07) is 11.3. The van der Waals surface area contributed by atoms with Gasteiger partial charge >= 0.3 is 0 Å². The number of aromatic amines is 2. The second kappa shape index (κ2) is 8.12. The van der Waals surface area contributed by atoms with E-state index in [-0.39, 0.29) is 5.13 Å². The lowest BCUT2D eigenvalue weighted by atomic mass is 10.1. The number of fused-ring (bicyclic) bond motifs is 2. The third-order valence-corrected chi connectivity index (χ3v) is 6.54. The summed E-state index contributed by atoms with van der Waals surface area (Å²) < 4.78 is 13.6. The van der Waals surface area contributed by atoms with Gasteiger partial charge in [-0.2, -0.15) is 9.49 Å². The maximum atomic E-state index is 13.6. The zero-order valence-electron chi connectivity index (χ0n) is 18.5. The fraction of sp³-hybridized carbons (Fsp3) is 0.120. The molecule has 2 N–H and O–H groups in total. The fourth-order valence-corrected chi connectivity index (χ4v) is 4.92. The second-order valence-corrected chi connectivity index (χ2v) is 9.45. The lowest BCUT2D eigenvalue weighted by molar-refractivity contribution is 0.402. The molecule has 9 heteroatoms. The van der Waals surface area contributed by atoms with Gasteiger partial charge in [-0.1, -0.05) is 0 Å². The Morgan fingerprint density at radius 3 is 2.68 bits per heavy atom. The minimum absolute atomic E-state index is 0.220. The van der Waals surface area contributed by atoms with E-state index in [0.29, 0.717) is 5.69 Å². The van der Waals surface area contributed by atoms with E-state index >= 15 is 0 Å². The lowest BCUT2D eigenvalue weighted by Gasteiger charge is -2.10. The molecule has 0 saturated heterocycles. The van der Waals surface area contributed by atoms with Gasteiger partial charge in [0.15, 0.2) is 5.13 Å². The van der Waals surface area contributed by atoms with Gasteiger partial charge in [0, 0.05) is 46.5 Å². The summed E-state index contributed by atoms with van der Waals surface area (Å²) in [6.07, 6.45) is 7.23. The van der Waals surface area contributed by atoms with Crippen molar-refractivity contribution in [2.75, 3.05) is 14.1 Å². The molecule has 0 aromatic carbocycles. The lowest BCUT2D eigenvalue weighted by Crippen LogP contribution is -2.10. The smallest absolute Gasteiger partial charge is 0.176 e. The van der Waals surface area contributed by atoms with Crippen molar-refractivity contribution in [3.8, 4) is 33.1 Å². The third kappa shape index (κ3) is 3.64. The molecule has 0 spiro atoms. The molecule has 6 heterocycles. The van der Waals surface area contributed by atoms with Crippen LogP contribution in [0.2, 0.25) is 0 Å². The number of thiophene rings is 1. The zero-order chi connectivity index (χ0) is 23.2. The Bertz CT molecular complexity index is 1650. The fourth-order valence-electron chi connectivity index (χ4n) is 4.16. The summed E-state index contributed by atoms with van der Waals surface area (Å²) in [5.74, 6) is 0. The Hall–Kier alpha value is -3.95. The van der Waals surface area contributed by atoms with Crippen LogP contribution in [0.25, 0.3) is 55.0 Å². The third-order valence-electron chi connectivity index (χ3n) is 5.64. The van der Waals surface area contributed by atoms with Crippen LogP contribution in [0, 0.1) is 5.13 Å². The van der Waals surface area contributed by atoms with E-state index < -0.39 is 0 Å². The van der Waals surface area contributed by atoms with Gasteiger partial charge < -0.3 is 9.88 Å². The first kappa shape index (κ1) is 20.6. The molecule has 0 bridgehead atoms. The minimum atomic E-state index is -0.220. The van der Waals surface area contributed by atoms with Crippen molar-refractivity contribution < 1.29 is 4.39 Å². The number of halogens is 1. The Morgan fingerprint density at radius 1 is 0.971 bits per heavy atom. The topological polar surface area (TPSA) is 86.4 Å². The van der Waals surface area contributed by atoms with Crippen molar-refractivity contribution in [1.82, 2.24) is 35.0 Å². The Balaban J connectivity index is 1.45. The maximum Gasteiger partial charge on any atom is 0.176 e. The average molecular weight is 470 g/mol. The quantitative estimate of drug-likeness (QED) is 0.349. The molecule has 0 aliphatic carbocycles. The van der Waals surface area contributed by atoms with Crippen molar-refractivity contribution in [3.63, 3.8) is 0 Å². The molecule has 6 aromatic rings. The first-order chi connectivity index (χ1) is 16.5. The highest BCUT2D eigenvalue weighted by Crippen LogP contribution is 2.36. The standard InChI is InChI=1S/C25H20FN7S/c1-33(2)13-14-7-15(10-27-9-14)18-3-4-19-24(30-18)25(32-31-19)20-8-16-17(11-28-12-21(16)29-20)22-5-6-23(26)34-22/h3-12,29H,13H2,1-2H3,(H,31,32). The molecule has 0 unspecified atom stereocenters. The molecule has 0 atom stereocenters. The van der Waals surface area contributed by atoms with Crippen LogP contribution in [-0.4, -0.2) is 49.1 Å². The molecule has 0 radical (unpaired) electrons. The molecule has 0 aliphatic rings. The average Bonchev–Trinajstić information content (AvgIpc) is 3.55. The molecular weight excluding hydrogens is 449 g/mol. The van der Waals surface area contributed by atoms with Crippen molar-refractivity contribution in [3.05, 3.63) is 71.9 Å². The van der Waals surface area contributed by atoms with Crippen molar-refractivity contribution in [2.45, 2.75) is 6.54 Å². The summed E-state index contributed by atoms with van der Waals surface area (Å²) in [7, 11) is 4.07. The molecular formula is C25H20FN7S. The van der Waals surface area contributed by atoms with Gasteiger partial charge in [0.25, 0.3) is 0 Å². The molecule has 0 aliphatic heterocycles. The summed E-state index contributed by atoms with van der Waals surface area (Å²) in [6.45, 7) is 0.805. The van der Waals surface area contributed by atoms with Crippen LogP contribution in [0.1, 0.15) is 5.56 Å². The van der Waals surface area contributed by atoms with E-state index in [1.54, 1.807) is 18.5 Å². The maximum absolute atomic E-state index is 13.6. The van der Waals surface area contributed by atoms with Gasteiger partial charge in [0.2, 0.25) is 0 Å². The van der Waals surface area contributed by atoms with E-state index in [1.807, 2.05) is 44.7 Å². The second-order valence-electron chi connectivity index (χ2n) is 8.42. The highest BCUT2D eigenvalue weighted by atomic mass is 32.1. The van der Waals surface area contributed by atoms with Gasteiger partial charge in [0.05, 0.1) is 28.6 Å². The normalized spacial score (nSPS) is 11.8. The molecule has 168 valence electrons. The van der Waals surface area contributed by atoms with Crippen molar-refractivity contribution in [2.24, 2.45) is 0 Å². The Morgan fingerprint density at radius 2 is 1.85 bits per heavy atom. The van der Waals surface area contributed by atoms with Crippen LogP contribution in [0.3, 0.4) is 0 Å². The van der Waals surface area contributed by atoms with E-state index in [2.05, 4.69) is 36.1 Å². The van der Waals surface area contributed by atoms with Crippen molar-refractivity contribution in [1.29, 1.82) is 0 Å². The monoisotopic (exact) mass is 469 g/mol. The SMILES string of the molecule is CN(C)Cc1cncc(-c2ccc3[nH]nc(-c4cc5c(-c6ccc(F)s6)cncc5[nH]4)c3n2)c1. The number of pyridine rings is 3. The number of hydrogen-bond acceptors (Lipinski definition) is 6. The predicted octanol–water partition coefficient (Wildman–Crippen LogP) is 5.49. The number of nitrogens with zero attached hydrogens (tertiary/aromatic N) is 5. The van der Waals surface area contributed by atoms with Crippen LogP contribution in [-0.2, 0) is 6.54 Å². The summed E-state index contributed by atoms with van der Waals surface area (Å²) in [5, 5.41) is 8.36. The summed E-state index contributed by atoms with van der Waals surface area (Å²) >= 11 is 1.11. The van der Waals surface area contributed by atoms with Crippen LogP contribution in [0.4, 0.5) is 4.39 Å². The molecule has 0 fully saturated rings. The van der Waals surface area contributed by atoms with Gasteiger partial charge in [-0.3, -0.25) is 15.1 Å². The van der Waals surface area contributed by atoms with Gasteiger partial charge in [-0.15, -0.1) is 11.3 Å². The summed E-state index contributed by atoms with van der Waals surface area (Å²) in [4.78, 5) is 20.0. The number of H-pyrrole nitrogens is 2. The van der Waals surface area contributed by atoms with Crippen molar-refractivity contribution >= 4 is 33.3 Å². The Labute approximate surface area is 198 Å². The number of nitrogens with one attached hydrogen (secondary N) is 2. The van der Waals surface area contributed by atoms with Crippen LogP contribution in [0.5, 0.6) is 0 Å². The van der Waals surface area contributed by atoms with E-state index in [4.69, 9.17) is 4.98 Å². The largest absolute Gasteiger partial charge is 0.352 e. The number of aromatic nitrogens is 6. The van der Waals surface area contributed by atoms with Crippen LogP contribution < -0.4 is 0 Å². The highest BCUT2D eigenvalue weighted by Gasteiger charge is 2.16. The number of rotatable bonds is 5. The molecule has 0 saturated carbocycles. The molecule has 34 heavy (non-hydrogen) atoms. The predicted molar refractivity (Wildman–Crippen MR) is 133 cm³/mol. The zero-order valence-corrected chi connectivity index (χ0v) is 19.3. The molecule has 6 rings (SSSR count). The molecule has 7 nitrogen and oxygen atoms in total. The van der Waals surface area contributed by atoms with Gasteiger partial charge in [0.1, 0.15) is 11.2 Å².